The first-order valence-corrected chi connectivity index (χ1v) is 13.8. The Morgan fingerprint density at radius 2 is 1.86 bits per heavy atom. The van der Waals surface area contributed by atoms with Gasteiger partial charge in [-0.2, -0.15) is 0 Å². The minimum absolute atomic E-state index is 0.252. The molecule has 3 aliphatic carbocycles. The number of terminal acetylenes is 1. The van der Waals surface area contributed by atoms with E-state index in [1.165, 1.54) is 16.7 Å². The number of benzene rings is 2. The topological polar surface area (TPSA) is 52.9 Å². The molecular weight excluding hydrogens is 446 g/mol. The maximum absolute atomic E-state index is 11.6. The summed E-state index contributed by atoms with van der Waals surface area (Å²) in [6, 6.07) is 14.6. The molecule has 0 saturated heterocycles. The molecule has 0 amide bonds. The van der Waals surface area contributed by atoms with E-state index in [0.717, 1.165) is 51.1 Å². The van der Waals surface area contributed by atoms with E-state index in [1.54, 1.807) is 0 Å². The summed E-state index contributed by atoms with van der Waals surface area (Å²) < 4.78 is 6.06. The van der Waals surface area contributed by atoms with Crippen molar-refractivity contribution in [2.75, 3.05) is 26.2 Å². The molecule has 2 fully saturated rings. The van der Waals surface area contributed by atoms with Gasteiger partial charge in [-0.1, -0.05) is 44.9 Å². The fourth-order valence-corrected chi connectivity index (χ4v) is 7.90. The number of rotatable bonds is 7. The Hall–Kier alpha value is -2.48. The second kappa shape index (κ2) is 9.77. The lowest BCUT2D eigenvalue weighted by atomic mass is 9.49. The average Bonchev–Trinajstić information content (AvgIpc) is 3.17. The number of fused-ring (bicyclic) bond motifs is 5. The van der Waals surface area contributed by atoms with Crippen LogP contribution in [0.25, 0.3) is 0 Å². The minimum Gasteiger partial charge on any atom is -0.508 e. The summed E-state index contributed by atoms with van der Waals surface area (Å²) in [6.45, 7) is 10.3. The maximum atomic E-state index is 11.6. The molecule has 3 aliphatic rings. The summed E-state index contributed by atoms with van der Waals surface area (Å²) in [5.41, 5.74) is 2.57. The van der Waals surface area contributed by atoms with Crippen molar-refractivity contribution < 1.29 is 14.9 Å². The van der Waals surface area contributed by atoms with Crippen LogP contribution in [0.3, 0.4) is 0 Å². The van der Waals surface area contributed by atoms with Crippen molar-refractivity contribution in [1.29, 1.82) is 0 Å². The third-order valence-corrected chi connectivity index (χ3v) is 9.99. The van der Waals surface area contributed by atoms with Crippen LogP contribution in [-0.4, -0.2) is 47.0 Å². The first-order chi connectivity index (χ1) is 17.3. The van der Waals surface area contributed by atoms with Crippen LogP contribution >= 0.6 is 0 Å². The van der Waals surface area contributed by atoms with Crippen LogP contribution in [-0.2, 0) is 6.42 Å². The molecule has 0 radical (unpaired) electrons. The molecule has 36 heavy (non-hydrogen) atoms. The van der Waals surface area contributed by atoms with E-state index < -0.39 is 5.60 Å². The number of ether oxygens (including phenoxy) is 1. The monoisotopic (exact) mass is 487 g/mol. The summed E-state index contributed by atoms with van der Waals surface area (Å²) in [7, 11) is 0. The molecule has 5 rings (SSSR count). The zero-order chi connectivity index (χ0) is 25.5. The van der Waals surface area contributed by atoms with E-state index in [2.05, 4.69) is 61.9 Å². The Kier molecular flexibility index (Phi) is 6.83. The summed E-state index contributed by atoms with van der Waals surface area (Å²) in [5, 5.41) is 21.7. The van der Waals surface area contributed by atoms with Crippen molar-refractivity contribution in [2.24, 2.45) is 17.3 Å². The molecule has 4 heteroatoms. The van der Waals surface area contributed by atoms with Crippen LogP contribution in [0.4, 0.5) is 0 Å². The lowest BCUT2D eigenvalue weighted by molar-refractivity contribution is -0.0720. The normalized spacial score (nSPS) is 32.9. The number of hydrogen-bond acceptors (Lipinski definition) is 4. The van der Waals surface area contributed by atoms with Crippen molar-refractivity contribution in [3.8, 4) is 23.8 Å². The predicted octanol–water partition coefficient (Wildman–Crippen LogP) is 5.73. The van der Waals surface area contributed by atoms with Crippen molar-refractivity contribution in [2.45, 2.75) is 70.3 Å². The lowest BCUT2D eigenvalue weighted by Gasteiger charge is -2.55. The Bertz CT molecular complexity index is 1120. The van der Waals surface area contributed by atoms with Gasteiger partial charge in [0.15, 0.2) is 0 Å². The first kappa shape index (κ1) is 25.2. The van der Waals surface area contributed by atoms with Gasteiger partial charge < -0.3 is 19.8 Å². The number of aliphatic hydroxyl groups is 1. The van der Waals surface area contributed by atoms with Gasteiger partial charge in [0, 0.05) is 12.0 Å². The van der Waals surface area contributed by atoms with Crippen LogP contribution in [0.1, 0.15) is 75.0 Å². The summed E-state index contributed by atoms with van der Waals surface area (Å²) in [6.07, 6.45) is 10.5. The van der Waals surface area contributed by atoms with Gasteiger partial charge in [-0.15, -0.1) is 6.42 Å². The minimum atomic E-state index is -1.05. The molecule has 6 atom stereocenters. The molecule has 2 N–H and O–H groups in total. The number of nitrogens with zero attached hydrogens (tertiary/aromatic N) is 1. The number of phenols is 1. The van der Waals surface area contributed by atoms with Gasteiger partial charge in [0.1, 0.15) is 23.7 Å². The van der Waals surface area contributed by atoms with E-state index in [9.17, 15) is 10.2 Å². The largest absolute Gasteiger partial charge is 0.508 e. The molecule has 0 aliphatic heterocycles. The molecule has 4 nitrogen and oxygen atoms in total. The number of aromatic hydroxyl groups is 1. The predicted molar refractivity (Wildman–Crippen MR) is 144 cm³/mol. The van der Waals surface area contributed by atoms with Crippen LogP contribution in [0, 0.1) is 29.6 Å². The van der Waals surface area contributed by atoms with Crippen LogP contribution in [0.5, 0.6) is 11.5 Å². The van der Waals surface area contributed by atoms with Gasteiger partial charge in [0.05, 0.1) is 0 Å². The molecule has 0 spiro atoms. The molecule has 0 heterocycles. The molecule has 0 bridgehead atoms. The third-order valence-electron chi connectivity index (χ3n) is 9.99. The van der Waals surface area contributed by atoms with Gasteiger partial charge >= 0.3 is 0 Å². The Morgan fingerprint density at radius 1 is 1.11 bits per heavy atom. The molecule has 2 aromatic rings. The number of phenolic OH excluding ortho intramolecular Hbond substituents is 1. The zero-order valence-electron chi connectivity index (χ0n) is 22.0. The van der Waals surface area contributed by atoms with E-state index in [0.29, 0.717) is 36.5 Å². The second-order valence-electron chi connectivity index (χ2n) is 11.4. The average molecular weight is 488 g/mol. The van der Waals surface area contributed by atoms with Crippen molar-refractivity contribution >= 4 is 0 Å². The molecule has 192 valence electrons. The highest BCUT2D eigenvalue weighted by Gasteiger charge is 2.63. The van der Waals surface area contributed by atoms with Crippen LogP contribution < -0.4 is 4.74 Å². The number of likely N-dealkylation sites (N-methyl/N-ethyl adjacent to an activating group) is 1. The van der Waals surface area contributed by atoms with Gasteiger partial charge in [-0.25, -0.2) is 0 Å². The highest BCUT2D eigenvalue weighted by molar-refractivity contribution is 5.44. The summed E-state index contributed by atoms with van der Waals surface area (Å²) in [5.74, 6) is 5.56. The van der Waals surface area contributed by atoms with Gasteiger partial charge in [0.2, 0.25) is 0 Å². The summed E-state index contributed by atoms with van der Waals surface area (Å²) >= 11 is 0. The SMILES string of the molecule is C#C[C@]1(O)CC[C@H]2[C@@H]3CCc4cc(O)ccc4[C@H]3[C@@H](c3ccc(OCCN(CC)CC)cc3)C[C@@]21C. The fourth-order valence-electron chi connectivity index (χ4n) is 7.90. The van der Waals surface area contributed by atoms with E-state index >= 15 is 0 Å². The molecular formula is C32H41NO3. The Labute approximate surface area is 216 Å². The zero-order valence-corrected chi connectivity index (χ0v) is 22.0. The van der Waals surface area contributed by atoms with Crippen molar-refractivity contribution in [3.05, 3.63) is 59.2 Å². The lowest BCUT2D eigenvalue weighted by Crippen LogP contribution is -2.52. The number of aryl methyl sites for hydroxylation is 1. The standard InChI is InChI=1S/C32H41NO3/c1-5-32(35)17-16-29-27-14-10-23-20-24(34)11-15-26(23)30(27)28(21-31(29,32)4)22-8-12-25(13-9-22)36-19-18-33(6-2)7-3/h1,8-9,11-13,15,20,27-30,34-35H,6-7,10,14,16-19,21H2,2-4H3/t27-,28+,29-,30+,31-,32-/m0/s1. The summed E-state index contributed by atoms with van der Waals surface area (Å²) in [4.78, 5) is 2.36. The Morgan fingerprint density at radius 3 is 2.56 bits per heavy atom. The highest BCUT2D eigenvalue weighted by Crippen LogP contribution is 2.67. The second-order valence-corrected chi connectivity index (χ2v) is 11.4. The fraction of sp³-hybridized carbons (Fsp3) is 0.562. The van der Waals surface area contributed by atoms with Crippen molar-refractivity contribution in [3.63, 3.8) is 0 Å². The molecule has 2 saturated carbocycles. The first-order valence-electron chi connectivity index (χ1n) is 13.8. The van der Waals surface area contributed by atoms with Crippen molar-refractivity contribution in [1.82, 2.24) is 4.90 Å². The molecule has 0 unspecified atom stereocenters. The third kappa shape index (κ3) is 4.11. The van der Waals surface area contributed by atoms with E-state index in [-0.39, 0.29) is 11.3 Å². The van der Waals surface area contributed by atoms with Crippen LogP contribution in [0.2, 0.25) is 0 Å². The maximum Gasteiger partial charge on any atom is 0.130 e. The number of hydrogen-bond donors (Lipinski definition) is 2. The van der Waals surface area contributed by atoms with Gasteiger partial charge in [0.25, 0.3) is 0 Å². The van der Waals surface area contributed by atoms with Gasteiger partial charge in [-0.3, -0.25) is 0 Å². The molecule has 2 aromatic carbocycles. The van der Waals surface area contributed by atoms with E-state index in [1.807, 2.05) is 12.1 Å². The van der Waals surface area contributed by atoms with Gasteiger partial charge in [-0.05, 0) is 110 Å². The quantitative estimate of drug-likeness (QED) is 0.490. The highest BCUT2D eigenvalue weighted by atomic mass is 16.5. The molecule has 0 aromatic heterocycles. The van der Waals surface area contributed by atoms with Crippen LogP contribution in [0.15, 0.2) is 42.5 Å². The Balaban J connectivity index is 1.47. The van der Waals surface area contributed by atoms with E-state index in [4.69, 9.17) is 11.2 Å². The smallest absolute Gasteiger partial charge is 0.130 e.